The number of benzene rings is 1. The van der Waals surface area contributed by atoms with E-state index in [0.717, 1.165) is 30.0 Å². The minimum atomic E-state index is -0.763. The smallest absolute Gasteiger partial charge is 0.125 e. The molecule has 0 radical (unpaired) electrons. The van der Waals surface area contributed by atoms with Crippen molar-refractivity contribution in [1.82, 2.24) is 5.32 Å². The van der Waals surface area contributed by atoms with Gasteiger partial charge in [-0.15, -0.1) is 0 Å². The van der Waals surface area contributed by atoms with E-state index in [1.807, 2.05) is 6.92 Å². The fourth-order valence-corrected chi connectivity index (χ4v) is 1.97. The molecule has 0 aliphatic carbocycles. The molecule has 1 unspecified atom stereocenters. The summed E-state index contributed by atoms with van der Waals surface area (Å²) in [5.41, 5.74) is 2.76. The molecule has 0 fully saturated rings. The molecule has 0 aliphatic heterocycles. The Kier molecular flexibility index (Phi) is 5.83. The van der Waals surface area contributed by atoms with Gasteiger partial charge in [-0.05, 0) is 50.4 Å². The maximum absolute atomic E-state index is 10.0. The van der Waals surface area contributed by atoms with Crippen LogP contribution in [0.3, 0.4) is 0 Å². The van der Waals surface area contributed by atoms with Gasteiger partial charge < -0.3 is 15.2 Å². The van der Waals surface area contributed by atoms with E-state index in [1.54, 1.807) is 6.92 Å². The number of aryl methyl sites for hydroxylation is 2. The van der Waals surface area contributed by atoms with E-state index >= 15 is 0 Å². The lowest BCUT2D eigenvalue weighted by Gasteiger charge is -2.23. The van der Waals surface area contributed by atoms with Crippen LogP contribution in [0.1, 0.15) is 43.9 Å². The number of ether oxygens (including phenoxy) is 1. The number of rotatable bonds is 7. The number of hydrogen-bond donors (Lipinski definition) is 2. The Morgan fingerprint density at radius 3 is 2.26 bits per heavy atom. The van der Waals surface area contributed by atoms with Gasteiger partial charge in [-0.1, -0.05) is 26.0 Å². The van der Waals surface area contributed by atoms with Crippen LogP contribution in [-0.4, -0.2) is 23.9 Å². The summed E-state index contributed by atoms with van der Waals surface area (Å²) in [7, 11) is 0. The molecule has 0 saturated heterocycles. The summed E-state index contributed by atoms with van der Waals surface area (Å²) in [4.78, 5) is 0. The van der Waals surface area contributed by atoms with E-state index in [9.17, 15) is 5.11 Å². The fourth-order valence-electron chi connectivity index (χ4n) is 1.97. The Morgan fingerprint density at radius 1 is 1.21 bits per heavy atom. The second-order valence-corrected chi connectivity index (χ2v) is 5.48. The van der Waals surface area contributed by atoms with Crippen molar-refractivity contribution >= 4 is 0 Å². The zero-order valence-corrected chi connectivity index (χ0v) is 12.8. The summed E-state index contributed by atoms with van der Waals surface area (Å²) in [6, 6.07) is 4.29. The summed E-state index contributed by atoms with van der Waals surface area (Å²) >= 11 is 0. The first kappa shape index (κ1) is 16.0. The van der Waals surface area contributed by atoms with Gasteiger partial charge in [0, 0.05) is 6.54 Å². The van der Waals surface area contributed by atoms with Crippen LogP contribution in [0.5, 0.6) is 5.75 Å². The Labute approximate surface area is 117 Å². The summed E-state index contributed by atoms with van der Waals surface area (Å²) < 4.78 is 5.81. The minimum absolute atomic E-state index is 0.331. The molecule has 2 N–H and O–H groups in total. The predicted molar refractivity (Wildman–Crippen MR) is 79.7 cm³/mol. The van der Waals surface area contributed by atoms with Crippen LogP contribution in [-0.2, 0) is 6.54 Å². The van der Waals surface area contributed by atoms with Crippen molar-refractivity contribution < 1.29 is 9.84 Å². The van der Waals surface area contributed by atoms with E-state index in [4.69, 9.17) is 4.74 Å². The first-order valence-electron chi connectivity index (χ1n) is 7.05. The van der Waals surface area contributed by atoms with Crippen molar-refractivity contribution in [3.05, 3.63) is 28.8 Å². The predicted octanol–water partition coefficient (Wildman–Crippen LogP) is 2.95. The van der Waals surface area contributed by atoms with Crippen molar-refractivity contribution in [2.45, 2.75) is 53.2 Å². The van der Waals surface area contributed by atoms with Gasteiger partial charge in [0.2, 0.25) is 0 Å². The molecular formula is C16H27NO2. The lowest BCUT2D eigenvalue weighted by molar-refractivity contribution is 0.00807. The van der Waals surface area contributed by atoms with Crippen molar-refractivity contribution in [1.29, 1.82) is 0 Å². The van der Waals surface area contributed by atoms with Gasteiger partial charge in [0.25, 0.3) is 0 Å². The third-order valence-corrected chi connectivity index (χ3v) is 3.39. The number of nitrogens with one attached hydrogen (secondary N) is 1. The monoisotopic (exact) mass is 265 g/mol. The van der Waals surface area contributed by atoms with E-state index in [1.165, 1.54) is 5.56 Å². The molecule has 1 aromatic carbocycles. The maximum Gasteiger partial charge on any atom is 0.125 e. The zero-order chi connectivity index (χ0) is 14.5. The molecule has 1 aromatic rings. The summed E-state index contributed by atoms with van der Waals surface area (Å²) in [6.07, 6.45) is 0.684. The topological polar surface area (TPSA) is 41.5 Å². The van der Waals surface area contributed by atoms with Crippen molar-refractivity contribution in [3.8, 4) is 5.75 Å². The molecular weight excluding hydrogens is 238 g/mol. The third kappa shape index (κ3) is 4.84. The quantitative estimate of drug-likeness (QED) is 0.796. The average Bonchev–Trinajstić information content (AvgIpc) is 2.35. The summed E-state index contributed by atoms with van der Waals surface area (Å²) in [6.45, 7) is 12.2. The van der Waals surface area contributed by atoms with Crippen molar-refractivity contribution in [2.75, 3.05) is 13.2 Å². The van der Waals surface area contributed by atoms with E-state index in [-0.39, 0.29) is 0 Å². The van der Waals surface area contributed by atoms with Crippen LogP contribution in [0.4, 0.5) is 0 Å². The second kappa shape index (κ2) is 6.92. The molecule has 19 heavy (non-hydrogen) atoms. The van der Waals surface area contributed by atoms with Gasteiger partial charge in [0.05, 0.1) is 5.60 Å². The average molecular weight is 265 g/mol. The fraction of sp³-hybridized carbons (Fsp3) is 0.625. The van der Waals surface area contributed by atoms with Crippen molar-refractivity contribution in [2.24, 2.45) is 0 Å². The van der Waals surface area contributed by atoms with Gasteiger partial charge >= 0.3 is 0 Å². The first-order chi connectivity index (χ1) is 8.89. The first-order valence-corrected chi connectivity index (χ1v) is 7.05. The Morgan fingerprint density at radius 2 is 1.79 bits per heavy atom. The van der Waals surface area contributed by atoms with Crippen molar-refractivity contribution in [3.63, 3.8) is 0 Å². The second-order valence-electron chi connectivity index (χ2n) is 5.48. The highest BCUT2D eigenvalue weighted by Crippen LogP contribution is 2.26. The van der Waals surface area contributed by atoms with Gasteiger partial charge in [-0.3, -0.25) is 0 Å². The van der Waals surface area contributed by atoms with Gasteiger partial charge in [0.1, 0.15) is 12.4 Å². The van der Waals surface area contributed by atoms with Crippen LogP contribution in [0.25, 0.3) is 0 Å². The highest BCUT2D eigenvalue weighted by molar-refractivity contribution is 5.43. The van der Waals surface area contributed by atoms with Gasteiger partial charge in [-0.2, -0.15) is 0 Å². The van der Waals surface area contributed by atoms with E-state index in [0.29, 0.717) is 13.0 Å². The number of hydrogen-bond acceptors (Lipinski definition) is 3. The Balaban J connectivity index is 2.79. The molecule has 108 valence electrons. The van der Waals surface area contributed by atoms with E-state index < -0.39 is 5.60 Å². The molecule has 0 spiro atoms. The van der Waals surface area contributed by atoms with Crippen LogP contribution >= 0.6 is 0 Å². The lowest BCUT2D eigenvalue weighted by Crippen LogP contribution is -2.31. The molecule has 1 atom stereocenters. The molecule has 3 heteroatoms. The van der Waals surface area contributed by atoms with Crippen LogP contribution in [0.15, 0.2) is 12.1 Å². The molecule has 3 nitrogen and oxygen atoms in total. The molecule has 0 amide bonds. The maximum atomic E-state index is 10.0. The standard InChI is InChI=1S/C16H27NO2/c1-6-16(5,18)11-19-15-12(3)8-14(9-13(15)4)10-17-7-2/h8-9,17-18H,6-7,10-11H2,1-5H3. The Hall–Kier alpha value is -1.06. The van der Waals surface area contributed by atoms with Crippen LogP contribution in [0, 0.1) is 13.8 Å². The van der Waals surface area contributed by atoms with Gasteiger partial charge in [0.15, 0.2) is 0 Å². The molecule has 0 aliphatic rings. The Bertz CT molecular complexity index is 390. The van der Waals surface area contributed by atoms with E-state index in [2.05, 4.69) is 38.2 Å². The minimum Gasteiger partial charge on any atom is -0.490 e. The molecule has 1 rings (SSSR count). The summed E-state index contributed by atoms with van der Waals surface area (Å²) in [5, 5.41) is 13.3. The molecule has 0 heterocycles. The third-order valence-electron chi connectivity index (χ3n) is 3.39. The summed E-state index contributed by atoms with van der Waals surface area (Å²) in [5.74, 6) is 0.897. The largest absolute Gasteiger partial charge is 0.490 e. The molecule has 0 saturated carbocycles. The molecule has 0 bridgehead atoms. The SMILES string of the molecule is CCNCc1cc(C)c(OCC(C)(O)CC)c(C)c1. The highest BCUT2D eigenvalue weighted by Gasteiger charge is 2.19. The number of aliphatic hydroxyl groups is 1. The highest BCUT2D eigenvalue weighted by atomic mass is 16.5. The lowest BCUT2D eigenvalue weighted by atomic mass is 10.0. The zero-order valence-electron chi connectivity index (χ0n) is 12.8. The molecule has 0 aromatic heterocycles. The van der Waals surface area contributed by atoms with Crippen LogP contribution < -0.4 is 10.1 Å². The normalized spacial score (nSPS) is 14.2. The van der Waals surface area contributed by atoms with Gasteiger partial charge in [-0.25, -0.2) is 0 Å². The van der Waals surface area contributed by atoms with Crippen LogP contribution in [0.2, 0.25) is 0 Å².